The summed E-state index contributed by atoms with van der Waals surface area (Å²) in [4.78, 5) is 5.27. The first-order valence-corrected chi connectivity index (χ1v) is 34.3. The third-order valence-corrected chi connectivity index (χ3v) is 21.3. The number of anilines is 6. The van der Waals surface area contributed by atoms with Crippen molar-refractivity contribution in [1.29, 1.82) is 0 Å². The van der Waals surface area contributed by atoms with Crippen molar-refractivity contribution < 1.29 is 0 Å². The molecule has 0 bridgehead atoms. The molecule has 0 atom stereocenters. The lowest BCUT2D eigenvalue weighted by Gasteiger charge is -2.49. The molecule has 0 aliphatic carbocycles. The van der Waals surface area contributed by atoms with Crippen LogP contribution in [0, 0.1) is 0 Å². The Morgan fingerprint density at radius 1 is 0.355 bits per heavy atom. The van der Waals surface area contributed by atoms with Crippen molar-refractivity contribution in [3.8, 4) is 33.4 Å². The van der Waals surface area contributed by atoms with E-state index in [2.05, 4.69) is 368 Å². The number of para-hydroxylation sites is 1. The summed E-state index contributed by atoms with van der Waals surface area (Å²) >= 11 is 1.99. The fourth-order valence-corrected chi connectivity index (χ4v) is 16.1. The second-order valence-corrected chi connectivity index (χ2v) is 32.5. The number of nitrogens with zero attached hydrogens (tertiary/aromatic N) is 2. The van der Waals surface area contributed by atoms with E-state index in [9.17, 15) is 0 Å². The molecule has 2 aliphatic heterocycles. The maximum absolute atomic E-state index is 2.74. The monoisotopic (exact) mass is 1230 g/mol. The minimum atomic E-state index is -0.801. The first kappa shape index (κ1) is 61.5. The second-order valence-electron chi connectivity index (χ2n) is 31.4. The van der Waals surface area contributed by atoms with Gasteiger partial charge in [-0.1, -0.05) is 303 Å². The quantitative estimate of drug-likeness (QED) is 0.133. The van der Waals surface area contributed by atoms with Crippen molar-refractivity contribution in [2.24, 2.45) is 0 Å². The van der Waals surface area contributed by atoms with Crippen LogP contribution in [0.5, 0.6) is 0 Å². The highest BCUT2D eigenvalue weighted by atomic mass is 32.1. The maximum atomic E-state index is 2.74. The third-order valence-electron chi connectivity index (χ3n) is 20.0. The highest BCUT2D eigenvalue weighted by molar-refractivity contribution is 7.33. The molecule has 1 aromatic heterocycles. The van der Waals surface area contributed by atoms with Gasteiger partial charge in [-0.3, -0.25) is 0 Å². The van der Waals surface area contributed by atoms with Crippen molar-refractivity contribution in [3.05, 3.63) is 305 Å². The van der Waals surface area contributed by atoms with Gasteiger partial charge in [-0.25, -0.2) is 0 Å². The number of thiophene rings is 1. The number of fused-ring (bicyclic) bond motifs is 6. The van der Waals surface area contributed by atoms with Crippen LogP contribution >= 0.6 is 11.3 Å². The van der Waals surface area contributed by atoms with Crippen LogP contribution < -0.4 is 25.5 Å². The van der Waals surface area contributed by atoms with Crippen molar-refractivity contribution in [2.45, 2.75) is 136 Å². The van der Waals surface area contributed by atoms with Gasteiger partial charge in [-0.2, -0.15) is 0 Å². The van der Waals surface area contributed by atoms with Gasteiger partial charge in [0.2, 0.25) is 0 Å². The van der Waals surface area contributed by atoms with E-state index < -0.39 is 5.41 Å². The molecular weight excluding hydrogens is 1140 g/mol. The van der Waals surface area contributed by atoms with Gasteiger partial charge in [0.05, 0.1) is 22.5 Å². The van der Waals surface area contributed by atoms with Crippen LogP contribution in [-0.4, -0.2) is 6.71 Å². The van der Waals surface area contributed by atoms with Gasteiger partial charge in [0.1, 0.15) is 0 Å². The Kier molecular flexibility index (Phi) is 15.0. The number of hydrogen-bond donors (Lipinski definition) is 0. The fourth-order valence-electron chi connectivity index (χ4n) is 14.8. The van der Waals surface area contributed by atoms with Crippen LogP contribution in [0.4, 0.5) is 34.1 Å². The molecule has 12 aromatic rings. The molecule has 0 saturated heterocycles. The number of hydrogen-bond acceptors (Lipinski definition) is 3. The summed E-state index contributed by atoms with van der Waals surface area (Å²) in [6, 6.07) is 98.6. The van der Waals surface area contributed by atoms with E-state index in [-0.39, 0.29) is 33.8 Å². The topological polar surface area (TPSA) is 6.48 Å². The molecule has 0 radical (unpaired) electrons. The lowest BCUT2D eigenvalue weighted by Crippen LogP contribution is -2.64. The van der Waals surface area contributed by atoms with E-state index in [0.29, 0.717) is 0 Å². The Morgan fingerprint density at radius 3 is 1.41 bits per heavy atom. The largest absolute Gasteiger partial charge is 0.310 e. The Morgan fingerprint density at radius 2 is 0.839 bits per heavy atom. The zero-order valence-corrected chi connectivity index (χ0v) is 57.9. The summed E-state index contributed by atoms with van der Waals surface area (Å²) in [6.07, 6.45) is 0. The van der Waals surface area contributed by atoms with E-state index in [1.54, 1.807) is 0 Å². The highest BCUT2D eigenvalue weighted by Gasteiger charge is 2.53. The Bertz CT molecular complexity index is 4730. The van der Waals surface area contributed by atoms with Gasteiger partial charge >= 0.3 is 0 Å². The van der Waals surface area contributed by atoms with Crippen LogP contribution in [0.2, 0.25) is 0 Å². The fraction of sp³-hybridized carbons (Fsp3) is 0.236. The SMILES string of the molecule is CC(C)(C)c1ccc(-c2ccc(N3c4cc(C(C)(C)C)cc5c4B(c4ccc(N(c6ccc(C(C)(C)C)cc6)c6ccccc6-c6ccccc6)cc4C5(c4ccccc4)c4ccccc4)c4sc5ccc(C(C)(C)C)cc5c43)c(-c3ccc(C(C)(C)C)cc3)c2)cc1. The molecule has 4 heteroatoms. The predicted molar refractivity (Wildman–Crippen MR) is 404 cm³/mol. The summed E-state index contributed by atoms with van der Waals surface area (Å²) in [5.41, 5.74) is 27.3. The third kappa shape index (κ3) is 10.8. The van der Waals surface area contributed by atoms with Crippen LogP contribution in [-0.2, 0) is 32.5 Å². The molecule has 0 unspecified atom stereocenters. The summed E-state index contributed by atoms with van der Waals surface area (Å²) in [5, 5.41) is 1.29. The zero-order valence-electron chi connectivity index (χ0n) is 57.1. The first-order valence-electron chi connectivity index (χ1n) is 33.5. The Balaban J connectivity index is 1.12. The summed E-state index contributed by atoms with van der Waals surface area (Å²) in [6.45, 7) is 34.9. The molecule has 0 amide bonds. The Labute approximate surface area is 558 Å². The van der Waals surface area contributed by atoms with Crippen molar-refractivity contribution in [3.63, 3.8) is 0 Å². The highest BCUT2D eigenvalue weighted by Crippen LogP contribution is 2.55. The molecule has 3 heterocycles. The molecule has 2 nitrogen and oxygen atoms in total. The van der Waals surface area contributed by atoms with E-state index in [1.807, 2.05) is 11.3 Å². The van der Waals surface area contributed by atoms with Gasteiger partial charge in [0.15, 0.2) is 0 Å². The molecule has 0 N–H and O–H groups in total. The second kappa shape index (κ2) is 22.7. The van der Waals surface area contributed by atoms with Gasteiger partial charge in [-0.05, 0) is 166 Å². The van der Waals surface area contributed by atoms with Crippen LogP contribution in [0.3, 0.4) is 0 Å². The zero-order chi connectivity index (χ0) is 65.1. The lowest BCUT2D eigenvalue weighted by atomic mass is 9.31. The average Bonchev–Trinajstić information content (AvgIpc) is 1.65. The normalized spacial score (nSPS) is 13.8. The molecule has 2 aliphatic rings. The van der Waals surface area contributed by atoms with E-state index in [0.717, 1.165) is 17.1 Å². The van der Waals surface area contributed by atoms with Crippen LogP contribution in [0.15, 0.2) is 255 Å². The van der Waals surface area contributed by atoms with E-state index in [1.165, 1.54) is 126 Å². The van der Waals surface area contributed by atoms with Gasteiger partial charge < -0.3 is 9.80 Å². The predicted octanol–water partition coefficient (Wildman–Crippen LogP) is 22.9. The minimum Gasteiger partial charge on any atom is -0.310 e. The molecule has 462 valence electrons. The first-order chi connectivity index (χ1) is 44.3. The lowest BCUT2D eigenvalue weighted by molar-refractivity contribution is 0.587. The van der Waals surface area contributed by atoms with Crippen molar-refractivity contribution in [2.75, 3.05) is 9.80 Å². The van der Waals surface area contributed by atoms with E-state index in [4.69, 9.17) is 0 Å². The van der Waals surface area contributed by atoms with E-state index >= 15 is 0 Å². The summed E-state index contributed by atoms with van der Waals surface area (Å²) < 4.78 is 2.65. The molecule has 14 rings (SSSR count). The van der Waals surface area contributed by atoms with Gasteiger partial charge in [-0.15, -0.1) is 11.3 Å². The molecule has 0 fully saturated rings. The average molecular weight is 1230 g/mol. The van der Waals surface area contributed by atoms with Crippen molar-refractivity contribution in [1.82, 2.24) is 0 Å². The molecule has 0 spiro atoms. The Hall–Kier alpha value is -8.96. The number of rotatable bonds is 9. The van der Waals surface area contributed by atoms with Crippen LogP contribution in [0.25, 0.3) is 43.5 Å². The van der Waals surface area contributed by atoms with Gasteiger partial charge in [0, 0.05) is 43.1 Å². The molecule has 0 saturated carbocycles. The summed E-state index contributed by atoms with van der Waals surface area (Å²) in [7, 11) is 0. The maximum Gasteiger partial charge on any atom is 0.260 e. The molecule has 11 aromatic carbocycles. The summed E-state index contributed by atoms with van der Waals surface area (Å²) in [5.74, 6) is 0. The van der Waals surface area contributed by atoms with Crippen LogP contribution in [0.1, 0.15) is 154 Å². The standard InChI is InChI=1S/C89H87BN2S/c1-84(2,3)62-40-35-58(36-41-62)61-39-51-78(72(53-61)60-37-42-63(43-38-60)85(4,5)6)92-79-56-68(88(13,14)15)55-75-81(79)90(83-82(92)73-54-67(87(10,11)12)46-52-80(73)93-83)76-50-49-70(57-74(76)89(75,65-29-21-17-22-30-65)66-31-23-18-24-32-66)91(69-47-44-64(45-48-69)86(7,8)9)77-34-26-25-33-71(77)59-27-19-16-20-28-59/h16-57H,1-15H3. The number of benzene rings is 11. The molecule has 93 heavy (non-hydrogen) atoms. The minimum absolute atomic E-state index is 0.00863. The molecular formula is C89H87BN2S. The van der Waals surface area contributed by atoms with Crippen molar-refractivity contribution >= 4 is 78.0 Å². The van der Waals surface area contributed by atoms with Gasteiger partial charge in [0.25, 0.3) is 6.71 Å². The smallest absolute Gasteiger partial charge is 0.260 e.